The van der Waals surface area contributed by atoms with Crippen LogP contribution in [0.15, 0.2) is 71.9 Å². The molecule has 0 unspecified atom stereocenters. The van der Waals surface area contributed by atoms with Crippen molar-refractivity contribution >= 4 is 39.2 Å². The van der Waals surface area contributed by atoms with Crippen molar-refractivity contribution in [2.24, 2.45) is 0 Å². The summed E-state index contributed by atoms with van der Waals surface area (Å²) in [5.41, 5.74) is 5.17. The second kappa shape index (κ2) is 8.00. The summed E-state index contributed by atoms with van der Waals surface area (Å²) in [4.78, 5) is 16.5. The Morgan fingerprint density at radius 3 is 2.76 bits per heavy atom. The largest absolute Gasteiger partial charge is 0.497 e. The van der Waals surface area contributed by atoms with Crippen LogP contribution in [0.25, 0.3) is 38.7 Å². The van der Waals surface area contributed by atoms with E-state index in [1.54, 1.807) is 28.6 Å². The molecule has 0 atom stereocenters. The molecule has 0 aliphatic heterocycles. The highest BCUT2D eigenvalue weighted by molar-refractivity contribution is 6.30. The molecule has 168 valence electrons. The second-order valence-corrected chi connectivity index (χ2v) is 8.46. The molecule has 0 aliphatic rings. The highest BCUT2D eigenvalue weighted by Gasteiger charge is 2.15. The molecule has 0 saturated carbocycles. The van der Waals surface area contributed by atoms with E-state index in [2.05, 4.69) is 20.3 Å². The number of ether oxygens (including phenoxy) is 1. The third-order valence-corrected chi connectivity index (χ3v) is 6.34. The topological polar surface area (TPSA) is 90.1 Å². The highest BCUT2D eigenvalue weighted by Crippen LogP contribution is 2.26. The van der Waals surface area contributed by atoms with Crippen LogP contribution in [0.1, 0.15) is 5.56 Å². The molecular weight excluding hydrogens is 452 g/mol. The first-order chi connectivity index (χ1) is 16.6. The summed E-state index contributed by atoms with van der Waals surface area (Å²) < 4.78 is 8.66. The molecule has 6 rings (SSSR count). The van der Waals surface area contributed by atoms with Gasteiger partial charge in [0.1, 0.15) is 11.3 Å². The van der Waals surface area contributed by atoms with Gasteiger partial charge in [-0.3, -0.25) is 4.79 Å². The standard InChI is InChI=1S/C25H19ClN6O2/c1-34-18-6-7-21-19(12-18)16(13-27-21)8-10-31-11-9-22-23(25(31)33)29-30-24-20(14-28-32(22)24)15-2-4-17(26)5-3-15/h2-7,9,11-14,27H,8,10H2,1H3. The number of aromatic nitrogens is 6. The van der Waals surface area contributed by atoms with Crippen LogP contribution in [-0.2, 0) is 13.0 Å². The molecule has 4 aromatic heterocycles. The van der Waals surface area contributed by atoms with Crippen LogP contribution < -0.4 is 10.3 Å². The van der Waals surface area contributed by atoms with Crippen LogP contribution in [0.5, 0.6) is 5.75 Å². The summed E-state index contributed by atoms with van der Waals surface area (Å²) in [5.74, 6) is 0.799. The lowest BCUT2D eigenvalue weighted by Gasteiger charge is -2.08. The monoisotopic (exact) mass is 470 g/mol. The number of methoxy groups -OCH3 is 1. The molecule has 0 amide bonds. The van der Waals surface area contributed by atoms with E-state index in [9.17, 15) is 4.79 Å². The molecule has 6 aromatic rings. The minimum absolute atomic E-state index is 0.201. The molecule has 0 fully saturated rings. The molecule has 0 bridgehead atoms. The van der Waals surface area contributed by atoms with Crippen LogP contribution in [0, 0.1) is 0 Å². The van der Waals surface area contributed by atoms with Crippen molar-refractivity contribution in [2.75, 3.05) is 7.11 Å². The van der Waals surface area contributed by atoms with Gasteiger partial charge in [-0.25, -0.2) is 4.52 Å². The normalized spacial score (nSPS) is 11.6. The maximum Gasteiger partial charge on any atom is 0.280 e. The molecule has 0 spiro atoms. The van der Waals surface area contributed by atoms with Crippen LogP contribution in [0.2, 0.25) is 5.02 Å². The number of halogens is 1. The van der Waals surface area contributed by atoms with Gasteiger partial charge in [-0.2, -0.15) is 5.10 Å². The summed E-state index contributed by atoms with van der Waals surface area (Å²) in [5, 5.41) is 14.8. The van der Waals surface area contributed by atoms with E-state index < -0.39 is 0 Å². The Balaban J connectivity index is 1.35. The minimum Gasteiger partial charge on any atom is -0.497 e. The van der Waals surface area contributed by atoms with E-state index in [1.165, 1.54) is 0 Å². The van der Waals surface area contributed by atoms with E-state index in [1.807, 2.05) is 54.7 Å². The fraction of sp³-hybridized carbons (Fsp3) is 0.120. The van der Waals surface area contributed by atoms with E-state index in [4.69, 9.17) is 16.3 Å². The number of hydrogen-bond acceptors (Lipinski definition) is 5. The first-order valence-electron chi connectivity index (χ1n) is 10.8. The molecule has 0 saturated heterocycles. The lowest BCUT2D eigenvalue weighted by molar-refractivity contribution is 0.415. The summed E-state index contributed by atoms with van der Waals surface area (Å²) >= 11 is 6.01. The smallest absolute Gasteiger partial charge is 0.280 e. The van der Waals surface area contributed by atoms with Crippen molar-refractivity contribution in [2.45, 2.75) is 13.0 Å². The van der Waals surface area contributed by atoms with Crippen molar-refractivity contribution in [3.63, 3.8) is 0 Å². The summed E-state index contributed by atoms with van der Waals surface area (Å²) in [6.07, 6.45) is 6.16. The molecule has 1 N–H and O–H groups in total. The number of pyridine rings is 1. The van der Waals surface area contributed by atoms with Gasteiger partial charge in [-0.15, -0.1) is 10.2 Å². The number of aromatic amines is 1. The highest BCUT2D eigenvalue weighted by atomic mass is 35.5. The Morgan fingerprint density at radius 2 is 1.94 bits per heavy atom. The number of nitrogens with zero attached hydrogens (tertiary/aromatic N) is 5. The summed E-state index contributed by atoms with van der Waals surface area (Å²) in [6, 6.07) is 15.2. The number of fused-ring (bicyclic) bond motifs is 4. The molecule has 9 heteroatoms. The first-order valence-corrected chi connectivity index (χ1v) is 11.1. The van der Waals surface area contributed by atoms with Gasteiger partial charge >= 0.3 is 0 Å². The average molecular weight is 471 g/mol. The minimum atomic E-state index is -0.201. The first kappa shape index (κ1) is 20.4. The lowest BCUT2D eigenvalue weighted by atomic mass is 10.1. The quantitative estimate of drug-likeness (QED) is 0.401. The van der Waals surface area contributed by atoms with Gasteiger partial charge < -0.3 is 14.3 Å². The van der Waals surface area contributed by atoms with E-state index >= 15 is 0 Å². The van der Waals surface area contributed by atoms with Crippen molar-refractivity contribution in [1.29, 1.82) is 0 Å². The Morgan fingerprint density at radius 1 is 1.09 bits per heavy atom. The van der Waals surface area contributed by atoms with Gasteiger partial charge in [0.05, 0.1) is 13.3 Å². The zero-order valence-corrected chi connectivity index (χ0v) is 19.0. The Kier molecular flexibility index (Phi) is 4.81. The Bertz CT molecular complexity index is 1730. The number of rotatable bonds is 5. The molecule has 2 aromatic carbocycles. The Labute approximate surface area is 198 Å². The predicted octanol–water partition coefficient (Wildman–Crippen LogP) is 4.49. The molecule has 34 heavy (non-hydrogen) atoms. The van der Waals surface area contributed by atoms with E-state index in [0.29, 0.717) is 29.2 Å². The van der Waals surface area contributed by atoms with Gasteiger partial charge in [-0.05, 0) is 53.9 Å². The summed E-state index contributed by atoms with van der Waals surface area (Å²) in [7, 11) is 1.65. The third kappa shape index (κ3) is 3.31. The van der Waals surface area contributed by atoms with Crippen molar-refractivity contribution in [3.8, 4) is 16.9 Å². The van der Waals surface area contributed by atoms with Gasteiger partial charge in [-0.1, -0.05) is 23.7 Å². The zero-order valence-electron chi connectivity index (χ0n) is 18.2. The lowest BCUT2D eigenvalue weighted by Crippen LogP contribution is -2.22. The van der Waals surface area contributed by atoms with Crippen LogP contribution >= 0.6 is 11.6 Å². The number of hydrogen-bond donors (Lipinski definition) is 1. The number of H-pyrrole nitrogens is 1. The fourth-order valence-corrected chi connectivity index (χ4v) is 4.40. The van der Waals surface area contributed by atoms with Crippen LogP contribution in [-0.4, -0.2) is 36.5 Å². The van der Waals surface area contributed by atoms with E-state index in [0.717, 1.165) is 33.3 Å². The Hall–Kier alpha value is -4.17. The molecule has 0 radical (unpaired) electrons. The number of aryl methyl sites for hydroxylation is 2. The molecule has 8 nitrogen and oxygen atoms in total. The maximum atomic E-state index is 13.2. The molecule has 4 heterocycles. The van der Waals surface area contributed by atoms with Crippen LogP contribution in [0.4, 0.5) is 0 Å². The second-order valence-electron chi connectivity index (χ2n) is 8.02. The number of benzene rings is 2. The molecular formula is C25H19ClN6O2. The van der Waals surface area contributed by atoms with E-state index in [-0.39, 0.29) is 11.1 Å². The zero-order chi connectivity index (χ0) is 23.2. The average Bonchev–Trinajstić information content (AvgIpc) is 3.48. The van der Waals surface area contributed by atoms with Crippen LogP contribution in [0.3, 0.4) is 0 Å². The summed E-state index contributed by atoms with van der Waals surface area (Å²) in [6.45, 7) is 0.508. The predicted molar refractivity (Wildman–Crippen MR) is 132 cm³/mol. The van der Waals surface area contributed by atoms with Gasteiger partial charge in [0.15, 0.2) is 11.2 Å². The maximum absolute atomic E-state index is 13.2. The fourth-order valence-electron chi connectivity index (χ4n) is 4.27. The SMILES string of the molecule is COc1ccc2[nH]cc(CCn3ccc4c(nnc5c(-c6ccc(Cl)cc6)cnn54)c3=O)c2c1. The van der Waals surface area contributed by atoms with Crippen molar-refractivity contribution in [1.82, 2.24) is 29.4 Å². The van der Waals surface area contributed by atoms with Crippen molar-refractivity contribution in [3.05, 3.63) is 88.1 Å². The van der Waals surface area contributed by atoms with Gasteiger partial charge in [0, 0.05) is 40.4 Å². The third-order valence-electron chi connectivity index (χ3n) is 6.09. The molecule has 0 aliphatic carbocycles. The van der Waals surface area contributed by atoms with Crippen molar-refractivity contribution < 1.29 is 4.74 Å². The van der Waals surface area contributed by atoms with Gasteiger partial charge in [0.2, 0.25) is 0 Å². The number of nitrogens with one attached hydrogen (secondary N) is 1. The van der Waals surface area contributed by atoms with Gasteiger partial charge in [0.25, 0.3) is 5.56 Å².